The Morgan fingerprint density at radius 3 is 2.14 bits per heavy atom. The van der Waals surface area contributed by atoms with Crippen LogP contribution >= 0.6 is 0 Å². The minimum Gasteiger partial charge on any atom is -0.351 e. The first-order valence-corrected chi connectivity index (χ1v) is 11.0. The molecule has 0 aromatic heterocycles. The van der Waals surface area contributed by atoms with E-state index < -0.39 is 16.1 Å². The van der Waals surface area contributed by atoms with Crippen LogP contribution < -0.4 is 5.73 Å². The summed E-state index contributed by atoms with van der Waals surface area (Å²) in [5.41, 5.74) is 6.91. The number of carbonyl (C=O) groups excluding carboxylic acids is 2. The Balaban J connectivity index is 1.60. The van der Waals surface area contributed by atoms with Crippen LogP contribution in [0.25, 0.3) is 0 Å². The molecule has 3 amide bonds. The molecule has 28 heavy (non-hydrogen) atoms. The van der Waals surface area contributed by atoms with Gasteiger partial charge in [-0.2, -0.15) is 4.31 Å². The number of rotatable bonds is 3. The van der Waals surface area contributed by atoms with Gasteiger partial charge in [0.25, 0.3) is 0 Å². The van der Waals surface area contributed by atoms with Crippen molar-refractivity contribution in [3.63, 3.8) is 0 Å². The maximum atomic E-state index is 13.0. The van der Waals surface area contributed by atoms with Crippen LogP contribution in [0.1, 0.15) is 24.0 Å². The third-order valence-corrected chi connectivity index (χ3v) is 7.71. The summed E-state index contributed by atoms with van der Waals surface area (Å²) in [6.45, 7) is 6.02. The Morgan fingerprint density at radius 1 is 0.964 bits per heavy atom. The quantitative estimate of drug-likeness (QED) is 0.803. The van der Waals surface area contributed by atoms with Crippen molar-refractivity contribution in [3.05, 3.63) is 29.3 Å². The summed E-state index contributed by atoms with van der Waals surface area (Å²) in [6, 6.07) is 4.97. The minimum absolute atomic E-state index is 0.0490. The second-order valence-electron chi connectivity index (χ2n) is 7.60. The highest BCUT2D eigenvalue weighted by molar-refractivity contribution is 7.89. The monoisotopic (exact) mass is 408 g/mol. The third kappa shape index (κ3) is 4.15. The highest BCUT2D eigenvalue weighted by Crippen LogP contribution is 2.24. The van der Waals surface area contributed by atoms with Gasteiger partial charge in [-0.15, -0.1) is 0 Å². The average molecular weight is 409 g/mol. The molecule has 0 saturated carbocycles. The smallest absolute Gasteiger partial charge is 0.314 e. The second kappa shape index (κ2) is 8.08. The summed E-state index contributed by atoms with van der Waals surface area (Å²) in [5, 5.41) is 0. The van der Waals surface area contributed by atoms with Crippen LogP contribution in [0.15, 0.2) is 23.1 Å². The molecule has 1 aromatic carbocycles. The number of aryl methyl sites for hydroxylation is 2. The van der Waals surface area contributed by atoms with Crippen LogP contribution in [-0.4, -0.2) is 73.7 Å². The predicted octanol–water partition coefficient (Wildman–Crippen LogP) is 0.927. The van der Waals surface area contributed by atoms with Crippen molar-refractivity contribution in [1.82, 2.24) is 14.1 Å². The molecule has 0 unspecified atom stereocenters. The number of carbonyl (C=O) groups is 2. The second-order valence-corrected chi connectivity index (χ2v) is 9.50. The average Bonchev–Trinajstić information content (AvgIpc) is 2.69. The van der Waals surface area contributed by atoms with Crippen molar-refractivity contribution in [2.24, 2.45) is 11.7 Å². The molecule has 3 rings (SSSR count). The molecule has 0 radical (unpaired) electrons. The van der Waals surface area contributed by atoms with Crippen LogP contribution in [0.5, 0.6) is 0 Å². The Kier molecular flexibility index (Phi) is 5.95. The summed E-state index contributed by atoms with van der Waals surface area (Å²) in [4.78, 5) is 27.6. The molecule has 2 aliphatic heterocycles. The Morgan fingerprint density at radius 2 is 1.57 bits per heavy atom. The van der Waals surface area contributed by atoms with E-state index in [-0.39, 0.29) is 11.8 Å². The van der Waals surface area contributed by atoms with Crippen molar-refractivity contribution in [2.75, 3.05) is 39.3 Å². The fourth-order valence-electron chi connectivity index (χ4n) is 3.88. The molecule has 0 aliphatic carbocycles. The van der Waals surface area contributed by atoms with Gasteiger partial charge >= 0.3 is 6.03 Å². The van der Waals surface area contributed by atoms with Gasteiger partial charge < -0.3 is 15.5 Å². The van der Waals surface area contributed by atoms with Gasteiger partial charge in [0.1, 0.15) is 0 Å². The van der Waals surface area contributed by atoms with E-state index in [1.165, 1.54) is 4.31 Å². The van der Waals surface area contributed by atoms with Gasteiger partial charge in [0, 0.05) is 45.2 Å². The summed E-state index contributed by atoms with van der Waals surface area (Å²) in [6.07, 6.45) is 1.20. The summed E-state index contributed by atoms with van der Waals surface area (Å²) >= 11 is 0. The molecule has 9 heteroatoms. The first-order valence-electron chi connectivity index (χ1n) is 9.60. The van der Waals surface area contributed by atoms with Crippen molar-refractivity contribution in [1.29, 1.82) is 0 Å². The molecule has 2 heterocycles. The number of hydrogen-bond acceptors (Lipinski definition) is 4. The van der Waals surface area contributed by atoms with E-state index in [4.69, 9.17) is 5.73 Å². The Labute approximate surface area is 166 Å². The number of piperazine rings is 1. The van der Waals surface area contributed by atoms with E-state index in [1.54, 1.807) is 22.8 Å². The van der Waals surface area contributed by atoms with Crippen LogP contribution in [-0.2, 0) is 14.8 Å². The number of primary amides is 1. The van der Waals surface area contributed by atoms with Gasteiger partial charge in [-0.05, 0) is 43.9 Å². The number of urea groups is 1. The van der Waals surface area contributed by atoms with E-state index in [2.05, 4.69) is 0 Å². The van der Waals surface area contributed by atoms with Crippen LogP contribution in [0.4, 0.5) is 4.79 Å². The van der Waals surface area contributed by atoms with E-state index in [0.29, 0.717) is 57.0 Å². The zero-order valence-electron chi connectivity index (χ0n) is 16.4. The molecule has 8 nitrogen and oxygen atoms in total. The first kappa shape index (κ1) is 20.6. The van der Waals surface area contributed by atoms with Gasteiger partial charge in [0.05, 0.1) is 4.90 Å². The molecule has 2 N–H and O–H groups in total. The Bertz CT molecular complexity index is 855. The predicted molar refractivity (Wildman–Crippen MR) is 105 cm³/mol. The largest absolute Gasteiger partial charge is 0.351 e. The van der Waals surface area contributed by atoms with Gasteiger partial charge in [0.2, 0.25) is 15.9 Å². The fourth-order valence-corrected chi connectivity index (χ4v) is 5.61. The lowest BCUT2D eigenvalue weighted by Gasteiger charge is -2.38. The highest BCUT2D eigenvalue weighted by Gasteiger charge is 2.34. The third-order valence-electron chi connectivity index (χ3n) is 5.67. The summed E-state index contributed by atoms with van der Waals surface area (Å²) < 4.78 is 27.5. The maximum absolute atomic E-state index is 13.0. The number of nitrogens with zero attached hydrogens (tertiary/aromatic N) is 3. The van der Waals surface area contributed by atoms with Gasteiger partial charge in [-0.3, -0.25) is 4.79 Å². The number of sulfonamides is 1. The maximum Gasteiger partial charge on any atom is 0.314 e. The van der Waals surface area contributed by atoms with Gasteiger partial charge in [-0.1, -0.05) is 12.1 Å². The molecule has 2 fully saturated rings. The normalized spacial score (nSPS) is 19.6. The van der Waals surface area contributed by atoms with Crippen LogP contribution in [0.2, 0.25) is 0 Å². The minimum atomic E-state index is -3.57. The summed E-state index contributed by atoms with van der Waals surface area (Å²) in [5.74, 6) is -0.0781. The molecule has 1 aromatic rings. The lowest BCUT2D eigenvalue weighted by molar-refractivity contribution is -0.138. The van der Waals surface area contributed by atoms with E-state index >= 15 is 0 Å². The topological polar surface area (TPSA) is 104 Å². The number of hydrogen-bond donors (Lipinski definition) is 1. The van der Waals surface area contributed by atoms with Gasteiger partial charge in [0.15, 0.2) is 0 Å². The number of nitrogens with two attached hydrogens (primary N) is 1. The van der Waals surface area contributed by atoms with Crippen LogP contribution in [0.3, 0.4) is 0 Å². The lowest BCUT2D eigenvalue weighted by Crippen LogP contribution is -2.53. The van der Waals surface area contributed by atoms with Gasteiger partial charge in [-0.25, -0.2) is 13.2 Å². The fraction of sp³-hybridized carbons (Fsp3) is 0.579. The summed E-state index contributed by atoms with van der Waals surface area (Å²) in [7, 11) is -3.57. The zero-order chi connectivity index (χ0) is 20.5. The lowest BCUT2D eigenvalue weighted by atomic mass is 9.95. The van der Waals surface area contributed by atoms with Crippen molar-refractivity contribution < 1.29 is 18.0 Å². The van der Waals surface area contributed by atoms with Crippen molar-refractivity contribution in [3.8, 4) is 0 Å². The molecular formula is C19H28N4O4S. The molecule has 154 valence electrons. The standard InChI is InChI=1S/C19H28N4O4S/c1-14-3-4-15(2)17(13-14)28(26,27)23-11-9-21(10-12-23)18(24)16-5-7-22(8-6-16)19(20)25/h3-4,13,16H,5-12H2,1-2H3,(H2,20,25). The van der Waals surface area contributed by atoms with E-state index in [0.717, 1.165) is 11.1 Å². The first-order chi connectivity index (χ1) is 13.2. The molecule has 2 saturated heterocycles. The van der Waals surface area contributed by atoms with Crippen LogP contribution in [0, 0.1) is 19.8 Å². The SMILES string of the molecule is Cc1ccc(C)c(S(=O)(=O)N2CCN(C(=O)C3CCN(C(N)=O)CC3)CC2)c1. The molecule has 0 bridgehead atoms. The number of amides is 3. The van der Waals surface area contributed by atoms with E-state index in [9.17, 15) is 18.0 Å². The number of likely N-dealkylation sites (tertiary alicyclic amines) is 1. The molecule has 0 spiro atoms. The Hall–Kier alpha value is -2.13. The molecule has 0 atom stereocenters. The highest BCUT2D eigenvalue weighted by atomic mass is 32.2. The zero-order valence-corrected chi connectivity index (χ0v) is 17.2. The number of benzene rings is 1. The van der Waals surface area contributed by atoms with E-state index in [1.807, 2.05) is 19.1 Å². The number of piperidine rings is 1. The molecular weight excluding hydrogens is 380 g/mol. The van der Waals surface area contributed by atoms with Crippen molar-refractivity contribution >= 4 is 22.0 Å². The molecule has 2 aliphatic rings. The van der Waals surface area contributed by atoms with Crippen molar-refractivity contribution in [2.45, 2.75) is 31.6 Å².